The highest BCUT2D eigenvalue weighted by Crippen LogP contribution is 2.48. The van der Waals surface area contributed by atoms with E-state index in [1.165, 1.54) is 42.5 Å². The number of anilines is 3. The van der Waals surface area contributed by atoms with E-state index in [9.17, 15) is 18.4 Å². The monoisotopic (exact) mass is 496 g/mol. The average molecular weight is 497 g/mol. The summed E-state index contributed by atoms with van der Waals surface area (Å²) in [6, 6.07) is 11.2. The van der Waals surface area contributed by atoms with Gasteiger partial charge < -0.3 is 20.7 Å². The van der Waals surface area contributed by atoms with Crippen molar-refractivity contribution in [2.45, 2.75) is 24.2 Å². The third-order valence-electron chi connectivity index (χ3n) is 5.88. The van der Waals surface area contributed by atoms with Crippen LogP contribution in [-0.2, 0) is 9.59 Å². The summed E-state index contributed by atoms with van der Waals surface area (Å²) in [5.74, 6) is -0.338. The van der Waals surface area contributed by atoms with Gasteiger partial charge in [-0.1, -0.05) is 6.07 Å². The molecule has 1 aliphatic heterocycles. The Bertz CT molecular complexity index is 1280. The second-order valence-electron chi connectivity index (χ2n) is 8.33. The average Bonchev–Trinajstić information content (AvgIpc) is 3.68. The maximum Gasteiger partial charge on any atom is 0.240 e. The van der Waals surface area contributed by atoms with Crippen LogP contribution in [0.1, 0.15) is 19.3 Å². The van der Waals surface area contributed by atoms with Crippen LogP contribution in [0.4, 0.5) is 26.0 Å². The van der Waals surface area contributed by atoms with Gasteiger partial charge in [0.05, 0.1) is 10.6 Å². The molecule has 0 radical (unpaired) electrons. The number of fused-ring (bicyclic) bond motifs is 1. The summed E-state index contributed by atoms with van der Waals surface area (Å²) in [7, 11) is 0. The highest BCUT2D eigenvalue weighted by atomic mass is 32.2. The van der Waals surface area contributed by atoms with Crippen LogP contribution in [-0.4, -0.2) is 29.1 Å². The molecule has 3 aromatic rings. The van der Waals surface area contributed by atoms with E-state index in [1.807, 2.05) is 0 Å². The van der Waals surface area contributed by atoms with E-state index in [0.717, 1.165) is 23.6 Å². The number of halogens is 2. The van der Waals surface area contributed by atoms with Crippen LogP contribution in [0.3, 0.4) is 0 Å². The van der Waals surface area contributed by atoms with Crippen LogP contribution in [0.25, 0.3) is 0 Å². The number of aromatic nitrogens is 1. The Morgan fingerprint density at radius 3 is 2.57 bits per heavy atom. The Labute approximate surface area is 204 Å². The number of amides is 2. The molecule has 3 N–H and O–H groups in total. The Kier molecular flexibility index (Phi) is 6.29. The van der Waals surface area contributed by atoms with Gasteiger partial charge in [0.25, 0.3) is 0 Å². The molecule has 1 saturated carbocycles. The first kappa shape index (κ1) is 23.1. The minimum atomic E-state index is -1.29. The van der Waals surface area contributed by atoms with Crippen molar-refractivity contribution < 1.29 is 23.1 Å². The van der Waals surface area contributed by atoms with Crippen molar-refractivity contribution >= 4 is 40.8 Å². The van der Waals surface area contributed by atoms with E-state index < -0.39 is 28.9 Å². The highest BCUT2D eigenvalue weighted by Gasteiger charge is 2.56. The first-order valence-electron chi connectivity index (χ1n) is 11.2. The molecule has 0 saturated heterocycles. The number of carbonyl (C=O) groups excluding carboxylic acids is 2. The van der Waals surface area contributed by atoms with Gasteiger partial charge >= 0.3 is 0 Å². The fourth-order valence-electron chi connectivity index (χ4n) is 3.76. The molecule has 5 rings (SSSR count). The minimum absolute atomic E-state index is 0.119. The molecule has 2 heterocycles. The summed E-state index contributed by atoms with van der Waals surface area (Å²) in [6.45, 7) is 0.777. The summed E-state index contributed by atoms with van der Waals surface area (Å²) in [6.07, 6.45) is 3.21. The van der Waals surface area contributed by atoms with Crippen LogP contribution >= 0.6 is 11.8 Å². The standard InChI is InChI=1S/C25H22F2N4O3S/c26-15-5-7-16(8-6-15)30-23(32)25(10-11-25)24(33)31-18-4-1-3-17(27)20(18)34-19-9-13-29-22-21(19)35-14-2-12-28-22/h1,3-9,13H,2,10-12,14H2,(H,28,29)(H,30,32)(H,31,33). The lowest BCUT2D eigenvalue weighted by atomic mass is 10.0. The Hall–Kier alpha value is -3.66. The van der Waals surface area contributed by atoms with Crippen molar-refractivity contribution in [3.63, 3.8) is 0 Å². The van der Waals surface area contributed by atoms with Gasteiger partial charge in [-0.25, -0.2) is 13.8 Å². The molecule has 180 valence electrons. The molecule has 2 amide bonds. The maximum absolute atomic E-state index is 14.9. The van der Waals surface area contributed by atoms with Crippen molar-refractivity contribution in [2.75, 3.05) is 28.2 Å². The molecule has 0 bridgehead atoms. The molecular weight excluding hydrogens is 474 g/mol. The third kappa shape index (κ3) is 4.79. The molecule has 2 aliphatic rings. The van der Waals surface area contributed by atoms with Crippen LogP contribution < -0.4 is 20.7 Å². The van der Waals surface area contributed by atoms with E-state index in [1.54, 1.807) is 24.0 Å². The predicted octanol–water partition coefficient (Wildman–Crippen LogP) is 5.42. The Morgan fingerprint density at radius 1 is 1.03 bits per heavy atom. The van der Waals surface area contributed by atoms with E-state index in [2.05, 4.69) is 20.9 Å². The van der Waals surface area contributed by atoms with Gasteiger partial charge in [-0.05, 0) is 61.4 Å². The number of hydrogen-bond donors (Lipinski definition) is 3. The Balaban J connectivity index is 1.36. The van der Waals surface area contributed by atoms with Crippen LogP contribution in [0, 0.1) is 17.0 Å². The number of para-hydroxylation sites is 1. The molecule has 2 aromatic carbocycles. The molecule has 1 fully saturated rings. The topological polar surface area (TPSA) is 92.4 Å². The molecule has 1 aromatic heterocycles. The van der Waals surface area contributed by atoms with E-state index in [4.69, 9.17) is 4.74 Å². The molecule has 1 aliphatic carbocycles. The smallest absolute Gasteiger partial charge is 0.240 e. The molecule has 35 heavy (non-hydrogen) atoms. The first-order chi connectivity index (χ1) is 17.0. The normalized spacial score (nSPS) is 15.7. The molecular formula is C25H22F2N4O3S. The zero-order chi connectivity index (χ0) is 24.4. The highest BCUT2D eigenvalue weighted by molar-refractivity contribution is 7.99. The van der Waals surface area contributed by atoms with Crippen molar-refractivity contribution in [1.29, 1.82) is 0 Å². The number of hydrogen-bond acceptors (Lipinski definition) is 6. The van der Waals surface area contributed by atoms with Crippen molar-refractivity contribution in [3.05, 3.63) is 66.4 Å². The molecule has 7 nitrogen and oxygen atoms in total. The lowest BCUT2D eigenvalue weighted by molar-refractivity contribution is -0.131. The van der Waals surface area contributed by atoms with Crippen LogP contribution in [0.5, 0.6) is 11.5 Å². The molecule has 0 spiro atoms. The van der Waals surface area contributed by atoms with Gasteiger partial charge in [0.15, 0.2) is 11.6 Å². The summed E-state index contributed by atoms with van der Waals surface area (Å²) in [4.78, 5) is 31.1. The van der Waals surface area contributed by atoms with Crippen LogP contribution in [0.15, 0.2) is 59.6 Å². The number of thioether (sulfide) groups is 1. The Morgan fingerprint density at radius 2 is 1.80 bits per heavy atom. The fourth-order valence-corrected chi connectivity index (χ4v) is 4.76. The molecule has 0 unspecified atom stereocenters. The van der Waals surface area contributed by atoms with E-state index >= 15 is 0 Å². The van der Waals surface area contributed by atoms with E-state index in [-0.39, 0.29) is 11.4 Å². The number of nitrogens with zero attached hydrogens (tertiary/aromatic N) is 1. The SMILES string of the molecule is O=C(Nc1ccc(F)cc1)C1(C(=O)Nc2cccc(F)c2Oc2ccnc3c2SCCCN3)CC1. The van der Waals surface area contributed by atoms with Gasteiger partial charge in [0, 0.05) is 24.5 Å². The van der Waals surface area contributed by atoms with E-state index in [0.29, 0.717) is 30.1 Å². The third-order valence-corrected chi connectivity index (χ3v) is 7.05. The number of rotatable bonds is 6. The largest absolute Gasteiger partial charge is 0.451 e. The first-order valence-corrected chi connectivity index (χ1v) is 12.2. The number of nitrogens with one attached hydrogen (secondary N) is 3. The maximum atomic E-state index is 14.9. The van der Waals surface area contributed by atoms with Gasteiger partial charge in [-0.3, -0.25) is 9.59 Å². The predicted molar refractivity (Wildman–Crippen MR) is 130 cm³/mol. The van der Waals surface area contributed by atoms with Gasteiger partial charge in [0.2, 0.25) is 11.8 Å². The summed E-state index contributed by atoms with van der Waals surface area (Å²) in [5.41, 5.74) is -0.784. The number of ether oxygens (including phenoxy) is 1. The van der Waals surface area contributed by atoms with Crippen molar-refractivity contribution in [3.8, 4) is 11.5 Å². The lowest BCUT2D eigenvalue weighted by Gasteiger charge is -2.19. The van der Waals surface area contributed by atoms with Gasteiger partial charge in [0.1, 0.15) is 22.8 Å². The van der Waals surface area contributed by atoms with Crippen molar-refractivity contribution in [1.82, 2.24) is 4.98 Å². The number of carbonyl (C=O) groups is 2. The fraction of sp³-hybridized carbons (Fsp3) is 0.240. The van der Waals surface area contributed by atoms with Gasteiger partial charge in [-0.15, -0.1) is 11.8 Å². The summed E-state index contributed by atoms with van der Waals surface area (Å²) < 4.78 is 34.0. The number of pyridine rings is 1. The van der Waals surface area contributed by atoms with Gasteiger partial charge in [-0.2, -0.15) is 0 Å². The second-order valence-corrected chi connectivity index (χ2v) is 9.44. The summed E-state index contributed by atoms with van der Waals surface area (Å²) in [5, 5.41) is 8.57. The quantitative estimate of drug-likeness (QED) is 0.395. The lowest BCUT2D eigenvalue weighted by Crippen LogP contribution is -2.35. The minimum Gasteiger partial charge on any atom is -0.451 e. The summed E-state index contributed by atoms with van der Waals surface area (Å²) >= 11 is 1.56. The van der Waals surface area contributed by atoms with Crippen molar-refractivity contribution in [2.24, 2.45) is 5.41 Å². The molecule has 10 heteroatoms. The molecule has 0 atom stereocenters. The zero-order valence-corrected chi connectivity index (χ0v) is 19.4. The number of benzene rings is 2. The van der Waals surface area contributed by atoms with Crippen LogP contribution in [0.2, 0.25) is 0 Å². The zero-order valence-electron chi connectivity index (χ0n) is 18.6. The second kappa shape index (κ2) is 9.53.